The summed E-state index contributed by atoms with van der Waals surface area (Å²) in [4.78, 5) is 27.1. The third kappa shape index (κ3) is 3.30. The molecule has 0 spiro atoms. The molecule has 0 atom stereocenters. The van der Waals surface area contributed by atoms with E-state index in [2.05, 4.69) is 5.32 Å². The van der Waals surface area contributed by atoms with Crippen LogP contribution in [-0.2, 0) is 9.59 Å². The van der Waals surface area contributed by atoms with E-state index in [1.165, 1.54) is 4.90 Å². The molecule has 2 rings (SSSR count). The predicted molar refractivity (Wildman–Crippen MR) is 69.1 cm³/mol. The minimum absolute atomic E-state index is 0.336. The molecule has 0 aromatic heterocycles. The lowest BCUT2D eigenvalue weighted by atomic mass is 10.2. The average Bonchev–Trinajstić information content (AvgIpc) is 2.43. The van der Waals surface area contributed by atoms with E-state index in [4.69, 9.17) is 0 Å². The van der Waals surface area contributed by atoms with Crippen LogP contribution in [0.4, 0.5) is 14.5 Å². The van der Waals surface area contributed by atoms with E-state index in [1.807, 2.05) is 11.9 Å². The zero-order valence-electron chi connectivity index (χ0n) is 11.0. The first-order valence-electron chi connectivity index (χ1n) is 6.21. The Balaban J connectivity index is 2.01. The maximum atomic E-state index is 13.4. The van der Waals surface area contributed by atoms with Crippen LogP contribution >= 0.6 is 0 Å². The zero-order valence-corrected chi connectivity index (χ0v) is 11.0. The molecule has 0 radical (unpaired) electrons. The fraction of sp³-hybridized carbons (Fsp3) is 0.385. The van der Waals surface area contributed by atoms with Gasteiger partial charge >= 0.3 is 11.8 Å². The molecule has 1 heterocycles. The Morgan fingerprint density at radius 1 is 1.15 bits per heavy atom. The number of rotatable bonds is 1. The third-order valence-electron chi connectivity index (χ3n) is 3.16. The standard InChI is InChI=1S/C13H15F2N3O2/c1-17-4-6-18(7-5-17)13(20)12(19)16-11-8-9(14)2-3-10(11)15/h2-3,8H,4-7H2,1H3,(H,16,19). The first-order chi connectivity index (χ1) is 9.47. The van der Waals surface area contributed by atoms with Gasteiger partial charge in [0.05, 0.1) is 5.69 Å². The van der Waals surface area contributed by atoms with Crippen molar-refractivity contribution in [1.82, 2.24) is 9.80 Å². The van der Waals surface area contributed by atoms with Crippen molar-refractivity contribution in [3.05, 3.63) is 29.8 Å². The molecule has 1 aliphatic rings. The molecular formula is C13H15F2N3O2. The number of carbonyl (C=O) groups excluding carboxylic acids is 2. The summed E-state index contributed by atoms with van der Waals surface area (Å²) in [6.45, 7) is 2.23. The highest BCUT2D eigenvalue weighted by molar-refractivity contribution is 6.39. The second kappa shape index (κ2) is 5.96. The van der Waals surface area contributed by atoms with Crippen LogP contribution in [0.2, 0.25) is 0 Å². The van der Waals surface area contributed by atoms with Crippen molar-refractivity contribution in [2.45, 2.75) is 0 Å². The summed E-state index contributed by atoms with van der Waals surface area (Å²) in [5, 5.41) is 2.10. The molecule has 0 aliphatic carbocycles. The van der Waals surface area contributed by atoms with Gasteiger partial charge in [-0.3, -0.25) is 9.59 Å². The van der Waals surface area contributed by atoms with E-state index < -0.39 is 23.4 Å². The Bertz CT molecular complexity index is 528. The maximum absolute atomic E-state index is 13.4. The Labute approximate surface area is 115 Å². The van der Waals surface area contributed by atoms with E-state index in [-0.39, 0.29) is 5.69 Å². The lowest BCUT2D eigenvalue weighted by molar-refractivity contribution is -0.144. The summed E-state index contributed by atoms with van der Waals surface area (Å²) in [5.41, 5.74) is -0.336. The highest BCUT2D eigenvalue weighted by atomic mass is 19.1. The number of anilines is 1. The van der Waals surface area contributed by atoms with Crippen LogP contribution < -0.4 is 5.32 Å². The van der Waals surface area contributed by atoms with Gasteiger partial charge < -0.3 is 15.1 Å². The molecule has 1 aromatic carbocycles. The van der Waals surface area contributed by atoms with Gasteiger partial charge in [-0.2, -0.15) is 0 Å². The van der Waals surface area contributed by atoms with Gasteiger partial charge in [-0.05, 0) is 19.2 Å². The molecule has 2 amide bonds. The van der Waals surface area contributed by atoms with Crippen LogP contribution in [0.5, 0.6) is 0 Å². The lowest BCUT2D eigenvalue weighted by Crippen LogP contribution is -2.50. The Kier molecular flexibility index (Phi) is 4.29. The largest absolute Gasteiger partial charge is 0.332 e. The molecule has 0 unspecified atom stereocenters. The zero-order chi connectivity index (χ0) is 14.7. The number of hydrogen-bond acceptors (Lipinski definition) is 3. The van der Waals surface area contributed by atoms with Crippen LogP contribution in [-0.4, -0.2) is 54.8 Å². The van der Waals surface area contributed by atoms with Crippen LogP contribution in [0.15, 0.2) is 18.2 Å². The monoisotopic (exact) mass is 283 g/mol. The van der Waals surface area contributed by atoms with Crippen LogP contribution in [0.1, 0.15) is 0 Å². The fourth-order valence-electron chi connectivity index (χ4n) is 1.92. The smallest absolute Gasteiger partial charge is 0.313 e. The van der Waals surface area contributed by atoms with Crippen molar-refractivity contribution in [3.63, 3.8) is 0 Å². The summed E-state index contributed by atoms with van der Waals surface area (Å²) in [5.74, 6) is -3.17. The minimum atomic E-state index is -0.959. The molecule has 1 N–H and O–H groups in total. The van der Waals surface area contributed by atoms with E-state index >= 15 is 0 Å². The Morgan fingerprint density at radius 3 is 2.45 bits per heavy atom. The molecule has 1 aromatic rings. The number of amides is 2. The van der Waals surface area contributed by atoms with Gasteiger partial charge in [0, 0.05) is 32.2 Å². The summed E-state index contributed by atoms with van der Waals surface area (Å²) in [7, 11) is 1.92. The van der Waals surface area contributed by atoms with Crippen molar-refractivity contribution in [2.75, 3.05) is 38.5 Å². The quantitative estimate of drug-likeness (QED) is 0.771. The second-order valence-corrected chi connectivity index (χ2v) is 4.67. The van der Waals surface area contributed by atoms with Gasteiger partial charge in [0.25, 0.3) is 0 Å². The van der Waals surface area contributed by atoms with Crippen LogP contribution in [0, 0.1) is 11.6 Å². The molecule has 7 heteroatoms. The minimum Gasteiger partial charge on any atom is -0.332 e. The predicted octanol–water partition coefficient (Wildman–Crippen LogP) is 0.677. The summed E-state index contributed by atoms with van der Waals surface area (Å²) in [6, 6.07) is 2.67. The molecule has 1 saturated heterocycles. The molecular weight excluding hydrogens is 268 g/mol. The van der Waals surface area contributed by atoms with Gasteiger partial charge in [0.1, 0.15) is 11.6 Å². The number of piperazine rings is 1. The average molecular weight is 283 g/mol. The number of nitrogens with one attached hydrogen (secondary N) is 1. The highest BCUT2D eigenvalue weighted by Crippen LogP contribution is 2.15. The van der Waals surface area contributed by atoms with Crippen molar-refractivity contribution in [2.24, 2.45) is 0 Å². The number of likely N-dealkylation sites (N-methyl/N-ethyl adjacent to an activating group) is 1. The van der Waals surface area contributed by atoms with E-state index in [0.717, 1.165) is 18.2 Å². The van der Waals surface area contributed by atoms with Gasteiger partial charge in [-0.1, -0.05) is 0 Å². The first kappa shape index (κ1) is 14.4. The number of benzene rings is 1. The molecule has 0 bridgehead atoms. The van der Waals surface area contributed by atoms with Crippen LogP contribution in [0.3, 0.4) is 0 Å². The van der Waals surface area contributed by atoms with Crippen molar-refractivity contribution in [3.8, 4) is 0 Å². The maximum Gasteiger partial charge on any atom is 0.313 e. The second-order valence-electron chi connectivity index (χ2n) is 4.67. The summed E-state index contributed by atoms with van der Waals surface area (Å²) >= 11 is 0. The number of nitrogens with zero attached hydrogens (tertiary/aromatic N) is 2. The van der Waals surface area contributed by atoms with Gasteiger partial charge in [-0.25, -0.2) is 8.78 Å². The molecule has 5 nitrogen and oxygen atoms in total. The van der Waals surface area contributed by atoms with E-state index in [1.54, 1.807) is 0 Å². The molecule has 1 fully saturated rings. The molecule has 108 valence electrons. The van der Waals surface area contributed by atoms with Gasteiger partial charge in [-0.15, -0.1) is 0 Å². The van der Waals surface area contributed by atoms with Crippen molar-refractivity contribution in [1.29, 1.82) is 0 Å². The van der Waals surface area contributed by atoms with Gasteiger partial charge in [0.2, 0.25) is 0 Å². The molecule has 1 aliphatic heterocycles. The van der Waals surface area contributed by atoms with Gasteiger partial charge in [0.15, 0.2) is 0 Å². The Hall–Kier alpha value is -2.02. The van der Waals surface area contributed by atoms with Crippen LogP contribution in [0.25, 0.3) is 0 Å². The normalized spacial score (nSPS) is 16.1. The van der Waals surface area contributed by atoms with E-state index in [0.29, 0.717) is 26.2 Å². The van der Waals surface area contributed by atoms with Crippen molar-refractivity contribution < 1.29 is 18.4 Å². The first-order valence-corrected chi connectivity index (χ1v) is 6.21. The molecule has 0 saturated carbocycles. The highest BCUT2D eigenvalue weighted by Gasteiger charge is 2.25. The third-order valence-corrected chi connectivity index (χ3v) is 3.16. The number of halogens is 2. The molecule has 20 heavy (non-hydrogen) atoms. The fourth-order valence-corrected chi connectivity index (χ4v) is 1.92. The Morgan fingerprint density at radius 2 is 1.80 bits per heavy atom. The number of carbonyl (C=O) groups is 2. The lowest BCUT2D eigenvalue weighted by Gasteiger charge is -2.31. The van der Waals surface area contributed by atoms with E-state index in [9.17, 15) is 18.4 Å². The topological polar surface area (TPSA) is 52.7 Å². The number of hydrogen-bond donors (Lipinski definition) is 1. The summed E-state index contributed by atoms with van der Waals surface area (Å²) in [6.07, 6.45) is 0. The SMILES string of the molecule is CN1CCN(C(=O)C(=O)Nc2cc(F)ccc2F)CC1. The van der Waals surface area contributed by atoms with Crippen molar-refractivity contribution >= 4 is 17.5 Å². The summed E-state index contributed by atoms with van der Waals surface area (Å²) < 4.78 is 26.4.